The van der Waals surface area contributed by atoms with E-state index in [0.29, 0.717) is 0 Å². The van der Waals surface area contributed by atoms with Crippen LogP contribution in [0.2, 0.25) is 0 Å². The van der Waals surface area contributed by atoms with E-state index in [2.05, 4.69) is 42.2 Å². The molecule has 1 atom stereocenters. The van der Waals surface area contributed by atoms with Gasteiger partial charge in [-0.25, -0.2) is 0 Å². The largest absolute Gasteiger partial charge is 0.303 e. The first kappa shape index (κ1) is 9.72. The van der Waals surface area contributed by atoms with Crippen LogP contribution < -0.4 is 0 Å². The summed E-state index contributed by atoms with van der Waals surface area (Å²) < 4.78 is 0. The SMILES string of the molecule is C[C@@H](Cc1ccccc1)CN1CCC1. The molecule has 0 aromatic heterocycles. The molecule has 0 saturated carbocycles. The van der Waals surface area contributed by atoms with E-state index >= 15 is 0 Å². The summed E-state index contributed by atoms with van der Waals surface area (Å²) in [5, 5.41) is 0. The Kier molecular flexibility index (Phi) is 3.20. The third-order valence-corrected chi connectivity index (χ3v) is 2.95. The summed E-state index contributed by atoms with van der Waals surface area (Å²) in [7, 11) is 0. The van der Waals surface area contributed by atoms with E-state index in [1.165, 1.54) is 38.0 Å². The second-order valence-corrected chi connectivity index (χ2v) is 4.45. The highest BCUT2D eigenvalue weighted by Crippen LogP contribution is 2.13. The number of nitrogens with zero attached hydrogens (tertiary/aromatic N) is 1. The molecule has 1 fully saturated rings. The van der Waals surface area contributed by atoms with Crippen molar-refractivity contribution in [1.29, 1.82) is 0 Å². The number of hydrogen-bond acceptors (Lipinski definition) is 1. The van der Waals surface area contributed by atoms with E-state index in [9.17, 15) is 0 Å². The van der Waals surface area contributed by atoms with Crippen LogP contribution in [0, 0.1) is 5.92 Å². The van der Waals surface area contributed by atoms with Crippen molar-refractivity contribution < 1.29 is 0 Å². The average molecular weight is 189 g/mol. The second kappa shape index (κ2) is 4.61. The van der Waals surface area contributed by atoms with Crippen molar-refractivity contribution >= 4 is 0 Å². The van der Waals surface area contributed by atoms with Gasteiger partial charge in [-0.15, -0.1) is 0 Å². The lowest BCUT2D eigenvalue weighted by Crippen LogP contribution is -2.40. The van der Waals surface area contributed by atoms with Crippen molar-refractivity contribution in [3.8, 4) is 0 Å². The monoisotopic (exact) mass is 189 g/mol. The molecule has 1 aromatic rings. The van der Waals surface area contributed by atoms with E-state index in [1.54, 1.807) is 0 Å². The Balaban J connectivity index is 1.79. The molecule has 0 unspecified atom stereocenters. The Hall–Kier alpha value is -0.820. The van der Waals surface area contributed by atoms with Gasteiger partial charge < -0.3 is 4.90 Å². The molecule has 1 saturated heterocycles. The van der Waals surface area contributed by atoms with Crippen LogP contribution in [0.3, 0.4) is 0 Å². The summed E-state index contributed by atoms with van der Waals surface area (Å²) in [4.78, 5) is 2.55. The van der Waals surface area contributed by atoms with E-state index in [1.807, 2.05) is 0 Å². The van der Waals surface area contributed by atoms with Crippen LogP contribution in [0.15, 0.2) is 30.3 Å². The first-order valence-electron chi connectivity index (χ1n) is 5.61. The lowest BCUT2D eigenvalue weighted by atomic mass is 9.99. The van der Waals surface area contributed by atoms with Gasteiger partial charge in [-0.05, 0) is 37.4 Å². The molecule has 1 heterocycles. The summed E-state index contributed by atoms with van der Waals surface area (Å²) in [6.45, 7) is 6.26. The van der Waals surface area contributed by atoms with Gasteiger partial charge in [-0.3, -0.25) is 0 Å². The van der Waals surface area contributed by atoms with Crippen LogP contribution in [0.5, 0.6) is 0 Å². The molecule has 14 heavy (non-hydrogen) atoms. The van der Waals surface area contributed by atoms with E-state index in [-0.39, 0.29) is 0 Å². The van der Waals surface area contributed by atoms with Crippen molar-refractivity contribution in [3.63, 3.8) is 0 Å². The maximum absolute atomic E-state index is 2.55. The first-order chi connectivity index (χ1) is 6.84. The predicted octanol–water partition coefficient (Wildman–Crippen LogP) is 2.57. The Morgan fingerprint density at radius 1 is 1.21 bits per heavy atom. The quantitative estimate of drug-likeness (QED) is 0.703. The summed E-state index contributed by atoms with van der Waals surface area (Å²) >= 11 is 0. The van der Waals surface area contributed by atoms with Gasteiger partial charge in [0.25, 0.3) is 0 Å². The molecular weight excluding hydrogens is 170 g/mol. The summed E-state index contributed by atoms with van der Waals surface area (Å²) in [6, 6.07) is 10.8. The standard InChI is InChI=1S/C13H19N/c1-12(11-14-8-5-9-14)10-13-6-3-2-4-7-13/h2-4,6-7,12H,5,8-11H2,1H3/t12-/m0/s1. The molecule has 0 N–H and O–H groups in total. The second-order valence-electron chi connectivity index (χ2n) is 4.45. The Morgan fingerprint density at radius 2 is 1.93 bits per heavy atom. The van der Waals surface area contributed by atoms with Crippen LogP contribution >= 0.6 is 0 Å². The third-order valence-electron chi connectivity index (χ3n) is 2.95. The number of hydrogen-bond donors (Lipinski definition) is 0. The molecule has 0 amide bonds. The van der Waals surface area contributed by atoms with Gasteiger partial charge in [0.2, 0.25) is 0 Å². The molecule has 0 spiro atoms. The van der Waals surface area contributed by atoms with Crippen molar-refractivity contribution in [2.24, 2.45) is 5.92 Å². The molecule has 1 aromatic carbocycles. The van der Waals surface area contributed by atoms with Gasteiger partial charge >= 0.3 is 0 Å². The van der Waals surface area contributed by atoms with Crippen molar-refractivity contribution in [2.75, 3.05) is 19.6 Å². The molecule has 0 aliphatic carbocycles. The number of rotatable bonds is 4. The van der Waals surface area contributed by atoms with Crippen molar-refractivity contribution in [1.82, 2.24) is 4.90 Å². The molecule has 0 bridgehead atoms. The van der Waals surface area contributed by atoms with E-state index < -0.39 is 0 Å². The van der Waals surface area contributed by atoms with Crippen molar-refractivity contribution in [3.05, 3.63) is 35.9 Å². The summed E-state index contributed by atoms with van der Waals surface area (Å²) in [6.07, 6.45) is 2.62. The van der Waals surface area contributed by atoms with Gasteiger partial charge in [0.1, 0.15) is 0 Å². The molecule has 1 aliphatic heterocycles. The van der Waals surface area contributed by atoms with Crippen LogP contribution in [-0.4, -0.2) is 24.5 Å². The topological polar surface area (TPSA) is 3.24 Å². The minimum Gasteiger partial charge on any atom is -0.303 e. The minimum atomic E-state index is 0.790. The third kappa shape index (κ3) is 2.58. The Bertz CT molecular complexity index is 264. The average Bonchev–Trinajstić information content (AvgIpc) is 2.13. The number of likely N-dealkylation sites (tertiary alicyclic amines) is 1. The van der Waals surface area contributed by atoms with E-state index in [4.69, 9.17) is 0 Å². The van der Waals surface area contributed by atoms with Gasteiger partial charge in [-0.1, -0.05) is 37.3 Å². The number of benzene rings is 1. The molecule has 1 heteroatoms. The van der Waals surface area contributed by atoms with Crippen LogP contribution in [0.25, 0.3) is 0 Å². The normalized spacial score (nSPS) is 18.9. The van der Waals surface area contributed by atoms with Gasteiger partial charge in [0, 0.05) is 6.54 Å². The molecule has 0 radical (unpaired) electrons. The fraction of sp³-hybridized carbons (Fsp3) is 0.538. The molecule has 1 nitrogen and oxygen atoms in total. The zero-order valence-electron chi connectivity index (χ0n) is 8.95. The predicted molar refractivity (Wildman–Crippen MR) is 60.4 cm³/mol. The smallest absolute Gasteiger partial charge is 0.00102 e. The fourth-order valence-corrected chi connectivity index (χ4v) is 2.09. The molecule has 76 valence electrons. The lowest BCUT2D eigenvalue weighted by molar-refractivity contribution is 0.156. The van der Waals surface area contributed by atoms with Gasteiger partial charge in [-0.2, -0.15) is 0 Å². The Labute approximate surface area is 86.7 Å². The molecule has 2 rings (SSSR count). The first-order valence-corrected chi connectivity index (χ1v) is 5.61. The van der Waals surface area contributed by atoms with Crippen LogP contribution in [0.4, 0.5) is 0 Å². The molecule has 1 aliphatic rings. The highest BCUT2D eigenvalue weighted by molar-refractivity contribution is 5.15. The Morgan fingerprint density at radius 3 is 2.50 bits per heavy atom. The minimum absolute atomic E-state index is 0.790. The van der Waals surface area contributed by atoms with Crippen LogP contribution in [-0.2, 0) is 6.42 Å². The fourth-order valence-electron chi connectivity index (χ4n) is 2.09. The highest BCUT2D eigenvalue weighted by Gasteiger charge is 2.16. The maximum Gasteiger partial charge on any atom is 0.00102 e. The summed E-state index contributed by atoms with van der Waals surface area (Å²) in [5.41, 5.74) is 1.47. The van der Waals surface area contributed by atoms with Crippen molar-refractivity contribution in [2.45, 2.75) is 19.8 Å². The van der Waals surface area contributed by atoms with Gasteiger partial charge in [0.15, 0.2) is 0 Å². The lowest BCUT2D eigenvalue weighted by Gasteiger charge is -2.33. The van der Waals surface area contributed by atoms with E-state index in [0.717, 1.165) is 5.92 Å². The summed E-state index contributed by atoms with van der Waals surface area (Å²) in [5.74, 6) is 0.790. The zero-order chi connectivity index (χ0) is 9.80. The van der Waals surface area contributed by atoms with Crippen LogP contribution in [0.1, 0.15) is 18.9 Å². The maximum atomic E-state index is 2.55. The zero-order valence-corrected chi connectivity index (χ0v) is 8.95. The molecular formula is C13H19N. The highest BCUT2D eigenvalue weighted by atomic mass is 15.2. The van der Waals surface area contributed by atoms with Gasteiger partial charge in [0.05, 0.1) is 0 Å².